The molecule has 1 fully saturated rings. The Hall–Kier alpha value is -3.37. The number of alkyl carbamates (subject to hydrolysis) is 1. The number of halogens is 3. The number of ether oxygens (including phenoxy) is 1. The van der Waals surface area contributed by atoms with E-state index >= 15 is 0 Å². The van der Waals surface area contributed by atoms with Crippen molar-refractivity contribution in [2.45, 2.75) is 38.3 Å². The number of hydrogen-bond donors (Lipinski definition) is 2. The molecular weight excluding hydrogens is 417 g/mol. The lowest BCUT2D eigenvalue weighted by Gasteiger charge is -2.24. The minimum Gasteiger partial charge on any atom is -0.476 e. The monoisotopic (exact) mass is 438 g/mol. The maximum Gasteiger partial charge on any atom is 0.407 e. The summed E-state index contributed by atoms with van der Waals surface area (Å²) in [7, 11) is 0. The van der Waals surface area contributed by atoms with Gasteiger partial charge in [-0.05, 0) is 32.4 Å². The van der Waals surface area contributed by atoms with Gasteiger partial charge in [0.2, 0.25) is 0 Å². The van der Waals surface area contributed by atoms with Crippen molar-refractivity contribution < 1.29 is 32.6 Å². The first-order valence-corrected chi connectivity index (χ1v) is 9.39. The molecule has 0 bridgehead atoms. The van der Waals surface area contributed by atoms with E-state index in [0.717, 1.165) is 12.3 Å². The van der Waals surface area contributed by atoms with Gasteiger partial charge in [0.1, 0.15) is 17.2 Å². The number of carbonyl (C=O) groups is 2. The fourth-order valence-corrected chi connectivity index (χ4v) is 3.33. The van der Waals surface area contributed by atoms with Crippen LogP contribution < -0.4 is 10.2 Å². The third-order valence-corrected chi connectivity index (χ3v) is 4.64. The van der Waals surface area contributed by atoms with Crippen molar-refractivity contribution in [3.8, 4) is 0 Å². The van der Waals surface area contributed by atoms with Crippen LogP contribution in [0, 0.1) is 17.5 Å². The highest BCUT2D eigenvalue weighted by Gasteiger charge is 2.38. The highest BCUT2D eigenvalue weighted by atomic mass is 19.2. The molecule has 2 atom stereocenters. The lowest BCUT2D eigenvalue weighted by Crippen LogP contribution is -2.43. The Balaban J connectivity index is 1.90. The maximum atomic E-state index is 14.5. The number of rotatable bonds is 4. The molecule has 2 heterocycles. The molecule has 1 saturated heterocycles. The van der Waals surface area contributed by atoms with Gasteiger partial charge in [-0.25, -0.2) is 32.7 Å². The van der Waals surface area contributed by atoms with Gasteiger partial charge in [0.05, 0.1) is 18.4 Å². The quantitative estimate of drug-likeness (QED) is 0.707. The van der Waals surface area contributed by atoms with Crippen LogP contribution in [-0.4, -0.2) is 51.9 Å². The smallest absolute Gasteiger partial charge is 0.407 e. The zero-order valence-electron chi connectivity index (χ0n) is 17.0. The van der Waals surface area contributed by atoms with Crippen LogP contribution in [0.4, 0.5) is 23.8 Å². The van der Waals surface area contributed by atoms with E-state index in [-0.39, 0.29) is 30.2 Å². The largest absolute Gasteiger partial charge is 0.476 e. The third-order valence-electron chi connectivity index (χ3n) is 4.64. The van der Waals surface area contributed by atoms with Gasteiger partial charge >= 0.3 is 12.1 Å². The summed E-state index contributed by atoms with van der Waals surface area (Å²) >= 11 is 0. The molecule has 0 spiro atoms. The summed E-state index contributed by atoms with van der Waals surface area (Å²) in [6, 6.07) is 0.497. The van der Waals surface area contributed by atoms with Gasteiger partial charge in [0.25, 0.3) is 0 Å². The fourth-order valence-electron chi connectivity index (χ4n) is 3.33. The Morgan fingerprint density at radius 1 is 1.10 bits per heavy atom. The molecular formula is C20H21F3N4O4. The number of hydrogen-bond acceptors (Lipinski definition) is 6. The van der Waals surface area contributed by atoms with Gasteiger partial charge in [-0.2, -0.15) is 0 Å². The van der Waals surface area contributed by atoms with Crippen molar-refractivity contribution in [1.29, 1.82) is 0 Å². The van der Waals surface area contributed by atoms with E-state index in [0.29, 0.717) is 6.07 Å². The number of nitrogens with one attached hydrogen (secondary N) is 1. The first-order chi connectivity index (χ1) is 14.4. The highest BCUT2D eigenvalue weighted by molar-refractivity contribution is 5.84. The minimum absolute atomic E-state index is 0.0869. The first-order valence-electron chi connectivity index (χ1n) is 9.39. The number of carboxylic acids is 1. The second kappa shape index (κ2) is 8.40. The van der Waals surface area contributed by atoms with Gasteiger partial charge in [-0.1, -0.05) is 0 Å². The van der Waals surface area contributed by atoms with Gasteiger partial charge in [0, 0.05) is 25.1 Å². The number of anilines is 1. The molecule has 1 aromatic carbocycles. The molecule has 0 saturated carbocycles. The summed E-state index contributed by atoms with van der Waals surface area (Å²) < 4.78 is 46.9. The van der Waals surface area contributed by atoms with Crippen LogP contribution >= 0.6 is 0 Å². The molecule has 1 aliphatic rings. The second-order valence-electron chi connectivity index (χ2n) is 8.12. The predicted octanol–water partition coefficient (Wildman–Crippen LogP) is 3.09. The topological polar surface area (TPSA) is 105 Å². The van der Waals surface area contributed by atoms with Crippen molar-refractivity contribution in [3.05, 3.63) is 53.2 Å². The van der Waals surface area contributed by atoms with E-state index in [9.17, 15) is 22.8 Å². The van der Waals surface area contributed by atoms with E-state index in [1.54, 1.807) is 25.7 Å². The van der Waals surface area contributed by atoms with Crippen LogP contribution in [0.1, 0.15) is 42.7 Å². The van der Waals surface area contributed by atoms with Gasteiger partial charge in [-0.15, -0.1) is 0 Å². The lowest BCUT2D eigenvalue weighted by molar-refractivity contribution is 0.0504. The Bertz CT molecular complexity index is 995. The summed E-state index contributed by atoms with van der Waals surface area (Å²) in [5, 5.41) is 11.6. The Labute approximate surface area is 176 Å². The summed E-state index contributed by atoms with van der Waals surface area (Å²) in [5.41, 5.74) is -1.14. The molecule has 1 aromatic heterocycles. The number of benzene rings is 1. The Morgan fingerprint density at radius 3 is 2.35 bits per heavy atom. The number of aromatic nitrogens is 2. The van der Waals surface area contributed by atoms with Crippen LogP contribution in [0.25, 0.3) is 0 Å². The van der Waals surface area contributed by atoms with Crippen LogP contribution in [0.3, 0.4) is 0 Å². The average molecular weight is 438 g/mol. The lowest BCUT2D eigenvalue weighted by atomic mass is 9.93. The van der Waals surface area contributed by atoms with Crippen molar-refractivity contribution in [3.63, 3.8) is 0 Å². The molecule has 11 heteroatoms. The molecule has 2 N–H and O–H groups in total. The second-order valence-corrected chi connectivity index (χ2v) is 8.12. The van der Waals surface area contributed by atoms with Gasteiger partial charge in [0.15, 0.2) is 17.3 Å². The number of carbonyl (C=O) groups excluding carboxylic acids is 1. The van der Waals surface area contributed by atoms with E-state index in [1.807, 2.05) is 0 Å². The van der Waals surface area contributed by atoms with E-state index in [4.69, 9.17) is 9.84 Å². The molecule has 0 aliphatic carbocycles. The summed E-state index contributed by atoms with van der Waals surface area (Å²) in [4.78, 5) is 32.7. The predicted molar refractivity (Wildman–Crippen MR) is 103 cm³/mol. The minimum atomic E-state index is -1.32. The summed E-state index contributed by atoms with van der Waals surface area (Å²) in [5.74, 6) is -5.20. The molecule has 8 nitrogen and oxygen atoms in total. The highest BCUT2D eigenvalue weighted by Crippen LogP contribution is 2.33. The fraction of sp³-hybridized carbons (Fsp3) is 0.400. The summed E-state index contributed by atoms with van der Waals surface area (Å²) in [6.45, 7) is 5.26. The average Bonchev–Trinajstić information content (AvgIpc) is 3.06. The first kappa shape index (κ1) is 22.3. The number of carboxylic acid groups (broad SMARTS) is 1. The van der Waals surface area contributed by atoms with E-state index in [2.05, 4.69) is 15.3 Å². The van der Waals surface area contributed by atoms with Crippen LogP contribution in [0.5, 0.6) is 0 Å². The van der Waals surface area contributed by atoms with Gasteiger partial charge in [-0.3, -0.25) is 0 Å². The molecule has 2 aromatic rings. The molecule has 1 amide bonds. The molecule has 3 rings (SSSR count). The Morgan fingerprint density at radius 2 is 1.77 bits per heavy atom. The summed E-state index contributed by atoms with van der Waals surface area (Å²) in [6.07, 6.45) is 1.55. The normalized spacial score (nSPS) is 18.7. The molecule has 1 aliphatic heterocycles. The van der Waals surface area contributed by atoms with Crippen molar-refractivity contribution in [2.24, 2.45) is 0 Å². The molecule has 2 unspecified atom stereocenters. The standard InChI is InChI=1S/C20H21F3N4O4/c1-20(2,3)31-19(30)26-16-9-27(17-7-24-15(6-25-17)18(28)29)8-11(16)10-4-13(22)14(23)5-12(10)21/h4-7,11,16H,8-9H2,1-3H3,(H,26,30)(H,28,29). The molecule has 31 heavy (non-hydrogen) atoms. The maximum absolute atomic E-state index is 14.5. The van der Waals surface area contributed by atoms with Crippen molar-refractivity contribution >= 4 is 17.9 Å². The number of aromatic carboxylic acids is 1. The third kappa shape index (κ3) is 5.22. The van der Waals surface area contributed by atoms with Crippen LogP contribution in [0.2, 0.25) is 0 Å². The molecule has 0 radical (unpaired) electrons. The SMILES string of the molecule is CC(C)(C)OC(=O)NC1CN(c2cnc(C(=O)O)cn2)CC1c1cc(F)c(F)cc1F. The Kier molecular flexibility index (Phi) is 6.05. The molecule has 166 valence electrons. The zero-order valence-corrected chi connectivity index (χ0v) is 17.0. The van der Waals surface area contributed by atoms with Crippen molar-refractivity contribution in [1.82, 2.24) is 15.3 Å². The van der Waals surface area contributed by atoms with Crippen molar-refractivity contribution in [2.75, 3.05) is 18.0 Å². The van der Waals surface area contributed by atoms with Gasteiger partial charge < -0.3 is 20.1 Å². The number of nitrogens with zero attached hydrogens (tertiary/aromatic N) is 3. The van der Waals surface area contributed by atoms with Crippen LogP contribution in [-0.2, 0) is 4.74 Å². The van der Waals surface area contributed by atoms with E-state index in [1.165, 1.54) is 6.20 Å². The zero-order chi connectivity index (χ0) is 22.9. The van der Waals surface area contributed by atoms with Crippen LogP contribution in [0.15, 0.2) is 24.5 Å². The number of amides is 1. The van der Waals surface area contributed by atoms with E-state index < -0.39 is 47.1 Å².